The molecule has 7 heteroatoms. The van der Waals surface area contributed by atoms with Crippen molar-refractivity contribution in [2.75, 3.05) is 17.2 Å². The Hall–Kier alpha value is -4.00. The zero-order chi connectivity index (χ0) is 20.6. The van der Waals surface area contributed by atoms with Crippen LogP contribution in [0.4, 0.5) is 15.8 Å². The van der Waals surface area contributed by atoms with Gasteiger partial charge >= 0.3 is 5.97 Å². The fourth-order valence-electron chi connectivity index (χ4n) is 2.53. The second-order valence-electron chi connectivity index (χ2n) is 6.00. The van der Waals surface area contributed by atoms with Gasteiger partial charge < -0.3 is 15.4 Å². The van der Waals surface area contributed by atoms with E-state index in [1.165, 1.54) is 18.2 Å². The van der Waals surface area contributed by atoms with Crippen molar-refractivity contribution in [3.05, 3.63) is 95.8 Å². The van der Waals surface area contributed by atoms with Gasteiger partial charge in [0.25, 0.3) is 11.8 Å². The minimum Gasteiger partial charge on any atom is -0.452 e. The number of para-hydroxylation sites is 2. The van der Waals surface area contributed by atoms with Crippen molar-refractivity contribution in [2.24, 2.45) is 0 Å². The highest BCUT2D eigenvalue weighted by atomic mass is 19.1. The number of nitrogens with one attached hydrogen (secondary N) is 2. The lowest BCUT2D eigenvalue weighted by Crippen LogP contribution is -2.23. The fourth-order valence-corrected chi connectivity index (χ4v) is 2.53. The number of halogens is 1. The Kier molecular flexibility index (Phi) is 6.32. The Morgan fingerprint density at radius 3 is 2.31 bits per heavy atom. The molecule has 0 fully saturated rings. The van der Waals surface area contributed by atoms with Crippen molar-refractivity contribution in [1.29, 1.82) is 0 Å². The lowest BCUT2D eigenvalue weighted by molar-refractivity contribution is -0.119. The van der Waals surface area contributed by atoms with Gasteiger partial charge in [0.05, 0.1) is 16.8 Å². The van der Waals surface area contributed by atoms with Gasteiger partial charge in [-0.05, 0) is 42.5 Å². The Morgan fingerprint density at radius 2 is 1.55 bits per heavy atom. The molecule has 2 amide bonds. The zero-order valence-electron chi connectivity index (χ0n) is 15.2. The van der Waals surface area contributed by atoms with Crippen molar-refractivity contribution in [3.8, 4) is 0 Å². The SMILES string of the molecule is O=C(COC(=O)c1cccc(F)c1)Nc1ccccc1C(=O)Nc1ccccc1. The van der Waals surface area contributed by atoms with Crippen molar-refractivity contribution >= 4 is 29.2 Å². The molecular weight excluding hydrogens is 375 g/mol. The largest absolute Gasteiger partial charge is 0.452 e. The summed E-state index contributed by atoms with van der Waals surface area (Å²) in [6, 6.07) is 20.3. The topological polar surface area (TPSA) is 84.5 Å². The predicted octanol–water partition coefficient (Wildman–Crippen LogP) is 3.87. The van der Waals surface area contributed by atoms with Crippen molar-refractivity contribution in [1.82, 2.24) is 0 Å². The van der Waals surface area contributed by atoms with Crippen LogP contribution in [0.5, 0.6) is 0 Å². The first-order chi connectivity index (χ1) is 14.0. The number of benzene rings is 3. The number of hydrogen-bond donors (Lipinski definition) is 2. The van der Waals surface area contributed by atoms with E-state index in [9.17, 15) is 18.8 Å². The van der Waals surface area contributed by atoms with Crippen LogP contribution < -0.4 is 10.6 Å². The van der Waals surface area contributed by atoms with Crippen LogP contribution in [-0.2, 0) is 9.53 Å². The molecule has 0 spiro atoms. The molecular formula is C22H17FN2O4. The van der Waals surface area contributed by atoms with Gasteiger partial charge in [0.2, 0.25) is 0 Å². The summed E-state index contributed by atoms with van der Waals surface area (Å²) >= 11 is 0. The number of hydrogen-bond acceptors (Lipinski definition) is 4. The Labute approximate surface area is 166 Å². The summed E-state index contributed by atoms with van der Waals surface area (Å²) in [5.74, 6) is -2.43. The highest BCUT2D eigenvalue weighted by Crippen LogP contribution is 2.17. The smallest absolute Gasteiger partial charge is 0.338 e. The van der Waals surface area contributed by atoms with E-state index >= 15 is 0 Å². The third-order valence-corrected chi connectivity index (χ3v) is 3.87. The second-order valence-corrected chi connectivity index (χ2v) is 6.00. The molecule has 0 atom stereocenters. The molecule has 0 aliphatic carbocycles. The van der Waals surface area contributed by atoms with E-state index in [1.807, 2.05) is 6.07 Å². The van der Waals surface area contributed by atoms with Crippen molar-refractivity contribution < 1.29 is 23.5 Å². The molecule has 0 saturated carbocycles. The summed E-state index contributed by atoms with van der Waals surface area (Å²) < 4.78 is 18.1. The molecule has 0 aliphatic heterocycles. The molecule has 0 aromatic heterocycles. The van der Waals surface area contributed by atoms with Crippen molar-refractivity contribution in [2.45, 2.75) is 0 Å². The van der Waals surface area contributed by atoms with E-state index in [1.54, 1.807) is 48.5 Å². The number of amides is 2. The van der Waals surface area contributed by atoms with Gasteiger partial charge in [-0.25, -0.2) is 9.18 Å². The molecule has 0 saturated heterocycles. The van der Waals surface area contributed by atoms with Gasteiger partial charge in [0.15, 0.2) is 6.61 Å². The third kappa shape index (κ3) is 5.49. The molecule has 3 aromatic rings. The quantitative estimate of drug-likeness (QED) is 0.624. The third-order valence-electron chi connectivity index (χ3n) is 3.87. The Morgan fingerprint density at radius 1 is 0.828 bits per heavy atom. The number of ether oxygens (including phenoxy) is 1. The minimum absolute atomic E-state index is 0.000407. The second kappa shape index (κ2) is 9.27. The van der Waals surface area contributed by atoms with E-state index in [-0.39, 0.29) is 16.8 Å². The molecule has 29 heavy (non-hydrogen) atoms. The van der Waals surface area contributed by atoms with Gasteiger partial charge in [0.1, 0.15) is 5.82 Å². The number of carbonyl (C=O) groups is 3. The molecule has 2 N–H and O–H groups in total. The van der Waals surface area contributed by atoms with Crippen LogP contribution in [0.15, 0.2) is 78.9 Å². The average Bonchev–Trinajstić information content (AvgIpc) is 2.73. The normalized spacial score (nSPS) is 10.1. The lowest BCUT2D eigenvalue weighted by atomic mass is 10.1. The summed E-state index contributed by atoms with van der Waals surface area (Å²) in [5, 5.41) is 5.28. The van der Waals surface area contributed by atoms with Gasteiger partial charge in [-0.3, -0.25) is 9.59 Å². The zero-order valence-corrected chi connectivity index (χ0v) is 15.2. The molecule has 0 heterocycles. The van der Waals surface area contributed by atoms with Crippen LogP contribution in [0.2, 0.25) is 0 Å². The summed E-state index contributed by atoms with van der Waals surface area (Å²) in [4.78, 5) is 36.6. The van der Waals surface area contributed by atoms with Gasteiger partial charge in [-0.2, -0.15) is 0 Å². The van der Waals surface area contributed by atoms with Crippen LogP contribution >= 0.6 is 0 Å². The molecule has 146 valence electrons. The van der Waals surface area contributed by atoms with E-state index < -0.39 is 30.2 Å². The number of rotatable bonds is 6. The maximum absolute atomic E-state index is 13.2. The molecule has 3 aromatic carbocycles. The van der Waals surface area contributed by atoms with E-state index in [4.69, 9.17) is 4.74 Å². The molecule has 0 radical (unpaired) electrons. The van der Waals surface area contributed by atoms with Gasteiger partial charge in [-0.1, -0.05) is 36.4 Å². The minimum atomic E-state index is -0.824. The van der Waals surface area contributed by atoms with Crippen LogP contribution in [0, 0.1) is 5.82 Å². The van der Waals surface area contributed by atoms with Crippen LogP contribution in [-0.4, -0.2) is 24.4 Å². The Balaban J connectivity index is 1.62. The summed E-state index contributed by atoms with van der Waals surface area (Å²) in [7, 11) is 0. The fraction of sp³-hybridized carbons (Fsp3) is 0.0455. The van der Waals surface area contributed by atoms with Crippen molar-refractivity contribution in [3.63, 3.8) is 0 Å². The maximum Gasteiger partial charge on any atom is 0.338 e. The first kappa shape index (κ1) is 19.8. The Bertz CT molecular complexity index is 1040. The predicted molar refractivity (Wildman–Crippen MR) is 106 cm³/mol. The highest BCUT2D eigenvalue weighted by molar-refractivity contribution is 6.10. The first-order valence-corrected chi connectivity index (χ1v) is 8.71. The average molecular weight is 392 g/mol. The summed E-state index contributed by atoms with van der Waals surface area (Å²) in [5.41, 5.74) is 1.14. The van der Waals surface area contributed by atoms with Crippen LogP contribution in [0.25, 0.3) is 0 Å². The highest BCUT2D eigenvalue weighted by Gasteiger charge is 2.15. The monoisotopic (exact) mass is 392 g/mol. The summed E-state index contributed by atoms with van der Waals surface area (Å²) in [6.45, 7) is -0.579. The van der Waals surface area contributed by atoms with Crippen LogP contribution in [0.1, 0.15) is 20.7 Å². The van der Waals surface area contributed by atoms with Gasteiger partial charge in [-0.15, -0.1) is 0 Å². The number of carbonyl (C=O) groups excluding carboxylic acids is 3. The molecule has 3 rings (SSSR count). The molecule has 0 bridgehead atoms. The molecule has 0 unspecified atom stereocenters. The van der Waals surface area contributed by atoms with Crippen LogP contribution in [0.3, 0.4) is 0 Å². The van der Waals surface area contributed by atoms with E-state index in [0.717, 1.165) is 6.07 Å². The first-order valence-electron chi connectivity index (χ1n) is 8.71. The van der Waals surface area contributed by atoms with Gasteiger partial charge in [0, 0.05) is 5.69 Å². The van der Waals surface area contributed by atoms with E-state index in [0.29, 0.717) is 5.69 Å². The molecule has 0 aliphatic rings. The standard InChI is InChI=1S/C22H17FN2O4/c23-16-8-6-7-15(13-16)22(28)29-14-20(26)25-19-12-5-4-11-18(19)21(27)24-17-9-2-1-3-10-17/h1-13H,14H2,(H,24,27)(H,25,26). The number of anilines is 2. The van der Waals surface area contributed by atoms with E-state index in [2.05, 4.69) is 10.6 Å². The summed E-state index contributed by atoms with van der Waals surface area (Å²) in [6.07, 6.45) is 0. The number of esters is 1. The lowest BCUT2D eigenvalue weighted by Gasteiger charge is -2.12. The molecule has 6 nitrogen and oxygen atoms in total. The maximum atomic E-state index is 13.2.